The molecule has 0 unspecified atom stereocenters. The fraction of sp³-hybridized carbons (Fsp3) is 0.769. The SMILES string of the molecule is CCOCCOc1c(CNC(C)C)c(C)nn1C. The normalized spacial score (nSPS) is 11.2. The van der Waals surface area contributed by atoms with Crippen LogP contribution in [0.2, 0.25) is 0 Å². The van der Waals surface area contributed by atoms with E-state index in [1.807, 2.05) is 20.9 Å². The standard InChI is InChI=1S/C13H25N3O2/c1-6-17-7-8-18-13-12(9-14-10(2)3)11(4)15-16(13)5/h10,14H,6-9H2,1-5H3. The van der Waals surface area contributed by atoms with E-state index in [9.17, 15) is 0 Å². The first-order valence-electron chi connectivity index (χ1n) is 6.52. The van der Waals surface area contributed by atoms with Crippen LogP contribution in [0.5, 0.6) is 5.88 Å². The highest BCUT2D eigenvalue weighted by Crippen LogP contribution is 2.21. The van der Waals surface area contributed by atoms with Crippen LogP contribution in [0.25, 0.3) is 0 Å². The minimum Gasteiger partial charge on any atom is -0.475 e. The number of aromatic nitrogens is 2. The molecule has 104 valence electrons. The first-order chi connectivity index (χ1) is 8.56. The third-order valence-corrected chi connectivity index (χ3v) is 2.65. The Morgan fingerprint density at radius 2 is 2.06 bits per heavy atom. The quantitative estimate of drug-likeness (QED) is 0.717. The Morgan fingerprint density at radius 1 is 1.33 bits per heavy atom. The number of nitrogens with one attached hydrogen (secondary N) is 1. The molecule has 0 amide bonds. The van der Waals surface area contributed by atoms with Crippen LogP contribution in [-0.2, 0) is 18.3 Å². The van der Waals surface area contributed by atoms with Gasteiger partial charge in [-0.05, 0) is 13.8 Å². The molecule has 0 aliphatic rings. The average Bonchev–Trinajstić information content (AvgIpc) is 2.57. The molecule has 0 radical (unpaired) electrons. The van der Waals surface area contributed by atoms with Crippen LogP contribution in [0.1, 0.15) is 32.0 Å². The number of nitrogens with zero attached hydrogens (tertiary/aromatic N) is 2. The molecule has 5 nitrogen and oxygen atoms in total. The van der Waals surface area contributed by atoms with E-state index < -0.39 is 0 Å². The number of hydrogen-bond acceptors (Lipinski definition) is 4. The summed E-state index contributed by atoms with van der Waals surface area (Å²) in [5.74, 6) is 0.834. The molecule has 0 aliphatic heterocycles. The third-order valence-electron chi connectivity index (χ3n) is 2.65. The Balaban J connectivity index is 2.63. The van der Waals surface area contributed by atoms with Crippen molar-refractivity contribution in [3.8, 4) is 5.88 Å². The van der Waals surface area contributed by atoms with Crippen molar-refractivity contribution in [1.82, 2.24) is 15.1 Å². The van der Waals surface area contributed by atoms with E-state index in [1.165, 1.54) is 0 Å². The highest BCUT2D eigenvalue weighted by molar-refractivity contribution is 5.30. The zero-order valence-corrected chi connectivity index (χ0v) is 12.1. The first-order valence-corrected chi connectivity index (χ1v) is 6.52. The summed E-state index contributed by atoms with van der Waals surface area (Å²) < 4.78 is 12.8. The predicted octanol–water partition coefficient (Wildman–Crippen LogP) is 1.64. The van der Waals surface area contributed by atoms with Gasteiger partial charge in [-0.15, -0.1) is 0 Å². The van der Waals surface area contributed by atoms with Gasteiger partial charge in [0.15, 0.2) is 0 Å². The largest absolute Gasteiger partial charge is 0.475 e. The molecule has 0 fully saturated rings. The van der Waals surface area contributed by atoms with Crippen molar-refractivity contribution in [3.63, 3.8) is 0 Å². The molecule has 0 spiro atoms. The zero-order chi connectivity index (χ0) is 13.5. The van der Waals surface area contributed by atoms with Gasteiger partial charge in [0.2, 0.25) is 5.88 Å². The number of hydrogen-bond donors (Lipinski definition) is 1. The molecule has 0 atom stereocenters. The Labute approximate surface area is 109 Å². The summed E-state index contributed by atoms with van der Waals surface area (Å²) in [7, 11) is 1.90. The summed E-state index contributed by atoms with van der Waals surface area (Å²) in [5.41, 5.74) is 2.14. The van der Waals surface area contributed by atoms with Gasteiger partial charge < -0.3 is 14.8 Å². The van der Waals surface area contributed by atoms with E-state index in [0.717, 1.165) is 30.3 Å². The Bertz CT molecular complexity index is 361. The predicted molar refractivity (Wildman–Crippen MR) is 71.9 cm³/mol. The molecular formula is C13H25N3O2. The molecule has 1 heterocycles. The summed E-state index contributed by atoms with van der Waals surface area (Å²) in [6.45, 7) is 10.9. The number of rotatable bonds is 8. The van der Waals surface area contributed by atoms with Gasteiger partial charge in [0.05, 0.1) is 17.9 Å². The second kappa shape index (κ2) is 7.38. The summed E-state index contributed by atoms with van der Waals surface area (Å²) in [4.78, 5) is 0. The Morgan fingerprint density at radius 3 is 2.67 bits per heavy atom. The molecule has 1 rings (SSSR count). The Hall–Kier alpha value is -1.07. The van der Waals surface area contributed by atoms with E-state index in [2.05, 4.69) is 24.3 Å². The van der Waals surface area contributed by atoms with Crippen molar-refractivity contribution in [2.45, 2.75) is 40.3 Å². The molecule has 5 heteroatoms. The molecule has 18 heavy (non-hydrogen) atoms. The molecule has 1 aromatic rings. The average molecular weight is 255 g/mol. The monoisotopic (exact) mass is 255 g/mol. The second-order valence-electron chi connectivity index (χ2n) is 4.57. The van der Waals surface area contributed by atoms with Gasteiger partial charge in [-0.3, -0.25) is 0 Å². The summed E-state index contributed by atoms with van der Waals surface area (Å²) in [5, 5.41) is 7.79. The van der Waals surface area contributed by atoms with Crippen LogP contribution in [0.4, 0.5) is 0 Å². The van der Waals surface area contributed by atoms with E-state index >= 15 is 0 Å². The number of aryl methyl sites for hydroxylation is 2. The molecule has 0 saturated heterocycles. The van der Waals surface area contributed by atoms with Crippen molar-refractivity contribution in [3.05, 3.63) is 11.3 Å². The van der Waals surface area contributed by atoms with Gasteiger partial charge in [-0.25, -0.2) is 4.68 Å². The van der Waals surface area contributed by atoms with Crippen LogP contribution in [0.15, 0.2) is 0 Å². The molecule has 0 aliphatic carbocycles. The van der Waals surface area contributed by atoms with E-state index in [4.69, 9.17) is 9.47 Å². The maximum absolute atomic E-state index is 5.76. The van der Waals surface area contributed by atoms with Crippen LogP contribution < -0.4 is 10.1 Å². The smallest absolute Gasteiger partial charge is 0.216 e. The van der Waals surface area contributed by atoms with Crippen LogP contribution in [0, 0.1) is 6.92 Å². The van der Waals surface area contributed by atoms with Crippen molar-refractivity contribution in [2.24, 2.45) is 7.05 Å². The fourth-order valence-corrected chi connectivity index (χ4v) is 1.71. The highest BCUT2D eigenvalue weighted by Gasteiger charge is 2.14. The molecule has 0 aromatic carbocycles. The van der Waals surface area contributed by atoms with Gasteiger partial charge in [0.25, 0.3) is 0 Å². The summed E-state index contributed by atoms with van der Waals surface area (Å²) >= 11 is 0. The van der Waals surface area contributed by atoms with Gasteiger partial charge in [0.1, 0.15) is 6.61 Å². The topological polar surface area (TPSA) is 48.3 Å². The Kier molecular flexibility index (Phi) is 6.15. The lowest BCUT2D eigenvalue weighted by Crippen LogP contribution is -2.22. The number of ether oxygens (including phenoxy) is 2. The van der Waals surface area contributed by atoms with Crippen LogP contribution in [-0.4, -0.2) is 35.6 Å². The first kappa shape index (κ1) is 15.0. The van der Waals surface area contributed by atoms with Crippen molar-refractivity contribution in [1.29, 1.82) is 0 Å². The molecule has 0 saturated carbocycles. The van der Waals surface area contributed by atoms with Crippen LogP contribution >= 0.6 is 0 Å². The minimum atomic E-state index is 0.445. The van der Waals surface area contributed by atoms with Gasteiger partial charge in [0, 0.05) is 26.2 Å². The fourth-order valence-electron chi connectivity index (χ4n) is 1.71. The molecular weight excluding hydrogens is 230 g/mol. The van der Waals surface area contributed by atoms with Gasteiger partial charge in [-0.1, -0.05) is 13.8 Å². The lowest BCUT2D eigenvalue weighted by atomic mass is 10.2. The maximum atomic E-state index is 5.76. The zero-order valence-electron chi connectivity index (χ0n) is 12.1. The van der Waals surface area contributed by atoms with E-state index in [1.54, 1.807) is 4.68 Å². The highest BCUT2D eigenvalue weighted by atomic mass is 16.5. The van der Waals surface area contributed by atoms with Gasteiger partial charge in [-0.2, -0.15) is 5.10 Å². The van der Waals surface area contributed by atoms with E-state index in [0.29, 0.717) is 19.3 Å². The summed E-state index contributed by atoms with van der Waals surface area (Å²) in [6, 6.07) is 0.445. The van der Waals surface area contributed by atoms with Crippen LogP contribution in [0.3, 0.4) is 0 Å². The lowest BCUT2D eigenvalue weighted by molar-refractivity contribution is 0.106. The van der Waals surface area contributed by atoms with Crippen molar-refractivity contribution in [2.75, 3.05) is 19.8 Å². The summed E-state index contributed by atoms with van der Waals surface area (Å²) in [6.07, 6.45) is 0. The maximum Gasteiger partial charge on any atom is 0.216 e. The van der Waals surface area contributed by atoms with E-state index in [-0.39, 0.29) is 0 Å². The third kappa shape index (κ3) is 4.31. The van der Waals surface area contributed by atoms with Crippen molar-refractivity contribution < 1.29 is 9.47 Å². The second-order valence-corrected chi connectivity index (χ2v) is 4.57. The molecule has 1 N–H and O–H groups in total. The van der Waals surface area contributed by atoms with Gasteiger partial charge >= 0.3 is 0 Å². The van der Waals surface area contributed by atoms with Crippen molar-refractivity contribution >= 4 is 0 Å². The molecule has 0 bridgehead atoms. The lowest BCUT2D eigenvalue weighted by Gasteiger charge is -2.11. The minimum absolute atomic E-state index is 0.445. The molecule has 1 aromatic heterocycles.